The molecule has 646 valence electrons. The van der Waals surface area contributed by atoms with E-state index in [2.05, 4.69) is 478 Å². The number of hydrogen-bond acceptors (Lipinski definition) is 3. The highest BCUT2D eigenvalue weighted by molar-refractivity contribution is 6.38. The average Bonchev–Trinajstić information content (AvgIpc) is 1.61. The molecule has 0 saturated heterocycles. The molecule has 1 aliphatic carbocycles. The predicted molar refractivity (Wildman–Crippen MR) is 586 cm³/mol. The second-order valence-electron chi connectivity index (χ2n) is 38.0. The van der Waals surface area contributed by atoms with Crippen LogP contribution in [0, 0.1) is 0 Å². The Hall–Kier alpha value is -18.2. The standard InChI is InChI=1S/C45H27N3.C45H28N2.C42H28N2/c1-3-9-31(10-4-1)47-39-14-8-7-13-34(39)37-25-29(18-22-40(37)47)33-19-15-28-16-21-36-44-30(17-20-35(33)43(28)44)26-42-45(36)38-27-46-24-23-41(38)48(42)32-11-5-2-6-12-32;1-4-10-29(11-5-1)33-24-34(30-12-6-2-7-13-30)26-35(25-33)37-19-16-31-17-21-39-44-32(18-20-38(37)43(31)44)27-42-45(39)40-28-46-23-22-41(40)47(42)36-14-8-3-9-15-36;1-42(2)35-11-7-6-10-30(35)31-17-14-26(22-36(31)42)29-16-12-25-13-19-33-40-27(15-18-32(29)39(25)40)23-38-41(33)34-24-43-21-20-37(34)44(38)28-8-4-3-5-9-28/h1-27H;1-28H;3-24H,1-2H3. The molecule has 7 heterocycles. The van der Waals surface area contributed by atoms with Crippen LogP contribution in [0.3, 0.4) is 0 Å². The van der Waals surface area contributed by atoms with E-state index in [-0.39, 0.29) is 5.41 Å². The van der Waals surface area contributed by atoms with Gasteiger partial charge in [-0.3, -0.25) is 15.0 Å². The van der Waals surface area contributed by atoms with Crippen molar-refractivity contribution in [3.8, 4) is 89.5 Å². The molecule has 0 bridgehead atoms. The minimum Gasteiger partial charge on any atom is -0.309 e. The maximum absolute atomic E-state index is 4.59. The minimum absolute atomic E-state index is 0.0294. The van der Waals surface area contributed by atoms with Gasteiger partial charge >= 0.3 is 0 Å². The van der Waals surface area contributed by atoms with Crippen LogP contribution in [0.5, 0.6) is 0 Å². The quantitative estimate of drug-likeness (QED) is 0.135. The summed E-state index contributed by atoms with van der Waals surface area (Å²) in [5.74, 6) is 0. The number of aromatic nitrogens is 7. The molecule has 0 aliphatic heterocycles. The summed E-state index contributed by atoms with van der Waals surface area (Å²) in [5.41, 5.74) is 32.1. The van der Waals surface area contributed by atoms with Crippen LogP contribution < -0.4 is 0 Å². The molecule has 1 aliphatic rings. The predicted octanol–water partition coefficient (Wildman–Crippen LogP) is 35.0. The van der Waals surface area contributed by atoms with Crippen molar-refractivity contribution in [1.82, 2.24) is 33.2 Å². The molecule has 0 atom stereocenters. The molecule has 0 fully saturated rings. The number of benzene rings is 23. The molecule has 0 unspecified atom stereocenters. The summed E-state index contributed by atoms with van der Waals surface area (Å²) < 4.78 is 9.53. The van der Waals surface area contributed by atoms with Crippen LogP contribution in [-0.2, 0) is 5.41 Å². The van der Waals surface area contributed by atoms with E-state index in [1.165, 1.54) is 268 Å². The van der Waals surface area contributed by atoms with Crippen molar-refractivity contribution >= 4 is 184 Å². The van der Waals surface area contributed by atoms with Crippen LogP contribution in [0.4, 0.5) is 0 Å². The molecule has 0 radical (unpaired) electrons. The number of fused-ring (bicyclic) bond motifs is 18. The van der Waals surface area contributed by atoms with Gasteiger partial charge in [0.05, 0.1) is 44.1 Å². The highest BCUT2D eigenvalue weighted by atomic mass is 15.0. The lowest BCUT2D eigenvalue weighted by Crippen LogP contribution is -2.14. The first-order valence-corrected chi connectivity index (χ1v) is 48.0. The van der Waals surface area contributed by atoms with Crippen LogP contribution in [0.25, 0.3) is 274 Å². The van der Waals surface area contributed by atoms with Crippen LogP contribution in [-0.4, -0.2) is 33.2 Å². The zero-order chi connectivity index (χ0) is 91.4. The first-order valence-electron chi connectivity index (χ1n) is 48.0. The Balaban J connectivity index is 0.000000100. The van der Waals surface area contributed by atoms with E-state index in [4.69, 9.17) is 0 Å². The summed E-state index contributed by atoms with van der Waals surface area (Å²) in [4.78, 5) is 13.7. The van der Waals surface area contributed by atoms with Crippen molar-refractivity contribution in [3.05, 3.63) is 479 Å². The fraction of sp³-hybridized carbons (Fsp3) is 0.0227. The van der Waals surface area contributed by atoms with Gasteiger partial charge in [-0.25, -0.2) is 0 Å². The fourth-order valence-electron chi connectivity index (χ4n) is 24.2. The molecule has 0 saturated carbocycles. The lowest BCUT2D eigenvalue weighted by molar-refractivity contribution is 0.660. The molecule has 30 aromatic rings. The number of pyridine rings is 3. The van der Waals surface area contributed by atoms with E-state index in [0.717, 1.165) is 17.1 Å². The van der Waals surface area contributed by atoms with E-state index < -0.39 is 0 Å². The largest absolute Gasteiger partial charge is 0.309 e. The zero-order valence-electron chi connectivity index (χ0n) is 76.1. The minimum atomic E-state index is -0.0294. The third-order valence-electron chi connectivity index (χ3n) is 30.3. The molecule has 0 N–H and O–H groups in total. The van der Waals surface area contributed by atoms with Crippen molar-refractivity contribution in [2.75, 3.05) is 0 Å². The van der Waals surface area contributed by atoms with Gasteiger partial charge in [0.2, 0.25) is 0 Å². The highest BCUT2D eigenvalue weighted by Gasteiger charge is 2.36. The molecule has 7 nitrogen and oxygen atoms in total. The molecule has 7 aromatic heterocycles. The zero-order valence-corrected chi connectivity index (χ0v) is 76.1. The lowest BCUT2D eigenvalue weighted by atomic mass is 9.81. The van der Waals surface area contributed by atoms with Gasteiger partial charge in [0.15, 0.2) is 0 Å². The van der Waals surface area contributed by atoms with Gasteiger partial charge in [-0.05, 0) is 302 Å². The Morgan fingerprint density at radius 1 is 0.165 bits per heavy atom. The second-order valence-corrected chi connectivity index (χ2v) is 38.0. The molecular weight excluding hydrogens is 1680 g/mol. The molecule has 139 heavy (non-hydrogen) atoms. The molecule has 0 spiro atoms. The summed E-state index contributed by atoms with van der Waals surface area (Å²) in [7, 11) is 0. The number of hydrogen-bond donors (Lipinski definition) is 0. The molecular formula is C132H83N7. The summed E-state index contributed by atoms with van der Waals surface area (Å²) in [5, 5.41) is 33.0. The fourth-order valence-corrected chi connectivity index (χ4v) is 24.2. The van der Waals surface area contributed by atoms with Crippen LogP contribution in [0.2, 0.25) is 0 Å². The number of nitrogens with zero attached hydrogens (tertiary/aromatic N) is 7. The molecule has 31 rings (SSSR count). The first-order chi connectivity index (χ1) is 68.7. The van der Waals surface area contributed by atoms with E-state index in [0.29, 0.717) is 0 Å². The summed E-state index contributed by atoms with van der Waals surface area (Å²) in [6, 6.07) is 158. The normalized spacial score (nSPS) is 12.6. The molecule has 23 aromatic carbocycles. The maximum Gasteiger partial charge on any atom is 0.0572 e. The van der Waals surface area contributed by atoms with Crippen LogP contribution in [0.15, 0.2) is 468 Å². The van der Waals surface area contributed by atoms with Gasteiger partial charge in [0, 0.05) is 108 Å². The maximum atomic E-state index is 4.59. The van der Waals surface area contributed by atoms with Crippen molar-refractivity contribution in [1.29, 1.82) is 0 Å². The van der Waals surface area contributed by atoms with Crippen molar-refractivity contribution in [2.24, 2.45) is 0 Å². The Kier molecular flexibility index (Phi) is 17.1. The average molecular weight is 1770 g/mol. The number of para-hydroxylation sites is 5. The van der Waals surface area contributed by atoms with E-state index in [1.54, 1.807) is 0 Å². The number of rotatable bonds is 9. The third kappa shape index (κ3) is 11.8. The lowest BCUT2D eigenvalue weighted by Gasteiger charge is -2.22. The van der Waals surface area contributed by atoms with Gasteiger partial charge in [-0.15, -0.1) is 0 Å². The third-order valence-corrected chi connectivity index (χ3v) is 30.3. The van der Waals surface area contributed by atoms with Crippen LogP contribution in [0.1, 0.15) is 25.0 Å². The van der Waals surface area contributed by atoms with Crippen molar-refractivity contribution in [2.45, 2.75) is 19.3 Å². The van der Waals surface area contributed by atoms with Crippen molar-refractivity contribution < 1.29 is 0 Å². The van der Waals surface area contributed by atoms with E-state index >= 15 is 0 Å². The van der Waals surface area contributed by atoms with Gasteiger partial charge in [-0.2, -0.15) is 0 Å². The summed E-state index contributed by atoms with van der Waals surface area (Å²) in [6.45, 7) is 4.72. The first kappa shape index (κ1) is 78.3. The highest BCUT2D eigenvalue weighted by Crippen LogP contribution is 2.54. The smallest absolute Gasteiger partial charge is 0.0572 e. The Morgan fingerprint density at radius 2 is 0.475 bits per heavy atom. The van der Waals surface area contributed by atoms with Crippen LogP contribution >= 0.6 is 0 Å². The molecule has 0 amide bonds. The Morgan fingerprint density at radius 3 is 0.914 bits per heavy atom. The Bertz CT molecular complexity index is 10200. The van der Waals surface area contributed by atoms with Gasteiger partial charge < -0.3 is 18.3 Å². The monoisotopic (exact) mass is 1770 g/mol. The second kappa shape index (κ2) is 30.4. The summed E-state index contributed by atoms with van der Waals surface area (Å²) in [6.07, 6.45) is 11.8. The van der Waals surface area contributed by atoms with Crippen molar-refractivity contribution in [3.63, 3.8) is 0 Å². The van der Waals surface area contributed by atoms with Gasteiger partial charge in [-0.1, -0.05) is 317 Å². The van der Waals surface area contributed by atoms with Gasteiger partial charge in [0.25, 0.3) is 0 Å². The topological polar surface area (TPSA) is 58.4 Å². The van der Waals surface area contributed by atoms with Gasteiger partial charge in [0.1, 0.15) is 0 Å². The summed E-state index contributed by atoms with van der Waals surface area (Å²) >= 11 is 0. The van der Waals surface area contributed by atoms with E-state index in [9.17, 15) is 0 Å². The Labute approximate surface area is 799 Å². The van der Waals surface area contributed by atoms with E-state index in [1.807, 2.05) is 37.2 Å². The molecule has 7 heteroatoms. The SMILES string of the molecule is CC1(C)c2ccccc2-c2ccc(-c3ccc4ccc5c6c(ccc3c46)cc3c5c4cnccc4n3-c3ccccc3)cc21.c1ccc(-c2cc(-c3ccccc3)cc(-c3ccc4ccc5c6c(ccc3c46)cc3c5c4cnccc4n3-c3ccccc3)c2)cc1.c1ccc(-n2c3ccccc3c3cc(-c4ccc5ccc6c7c(ccc4c57)cc4c6c5cnccc5n4-c4ccccc4)ccc32)cc1.